The maximum atomic E-state index is 12.3. The second-order valence-corrected chi connectivity index (χ2v) is 7.60. The summed E-state index contributed by atoms with van der Waals surface area (Å²) in [6.07, 6.45) is 0. The normalized spacial score (nSPS) is 13.9. The van der Waals surface area contributed by atoms with Crippen molar-refractivity contribution in [2.75, 3.05) is 13.8 Å². The molecule has 1 aliphatic heterocycles. The van der Waals surface area contributed by atoms with E-state index in [4.69, 9.17) is 9.47 Å². The molecule has 0 spiro atoms. The van der Waals surface area contributed by atoms with Gasteiger partial charge < -0.3 is 9.47 Å². The number of fused-ring (bicyclic) bond motifs is 1. The minimum absolute atomic E-state index is 0.210. The summed E-state index contributed by atoms with van der Waals surface area (Å²) in [6.45, 7) is 0.499. The number of rotatable bonds is 4. The van der Waals surface area contributed by atoms with Gasteiger partial charge in [0.2, 0.25) is 6.79 Å². The fourth-order valence-corrected chi connectivity index (χ4v) is 4.31. The molecule has 3 rings (SSSR count). The standard InChI is InChI=1S/C13H13NO4S2/c1-14(20(15,16)13-3-2-6-19-13)8-10-4-5-11-12(7-10)18-9-17-11/h2-7H,8-9H2,1H3. The summed E-state index contributed by atoms with van der Waals surface area (Å²) in [5.74, 6) is 1.35. The summed E-state index contributed by atoms with van der Waals surface area (Å²) in [5, 5.41) is 1.75. The quantitative estimate of drug-likeness (QED) is 0.869. The van der Waals surface area contributed by atoms with E-state index in [2.05, 4.69) is 0 Å². The van der Waals surface area contributed by atoms with Crippen molar-refractivity contribution in [2.45, 2.75) is 10.8 Å². The monoisotopic (exact) mass is 311 g/mol. The Morgan fingerprint density at radius 3 is 2.80 bits per heavy atom. The van der Waals surface area contributed by atoms with E-state index in [-0.39, 0.29) is 13.3 Å². The van der Waals surface area contributed by atoms with Gasteiger partial charge in [-0.2, -0.15) is 4.31 Å². The molecule has 0 bridgehead atoms. The zero-order chi connectivity index (χ0) is 14.2. The maximum Gasteiger partial charge on any atom is 0.252 e. The molecule has 2 aromatic rings. The molecule has 106 valence electrons. The van der Waals surface area contributed by atoms with Crippen molar-refractivity contribution in [1.82, 2.24) is 4.31 Å². The SMILES string of the molecule is CN(Cc1ccc2c(c1)OCO2)S(=O)(=O)c1cccs1. The summed E-state index contributed by atoms with van der Waals surface area (Å²) in [4.78, 5) is 0. The Labute approximate surface area is 121 Å². The van der Waals surface area contributed by atoms with Crippen LogP contribution >= 0.6 is 11.3 Å². The van der Waals surface area contributed by atoms with Gasteiger partial charge in [0, 0.05) is 13.6 Å². The van der Waals surface area contributed by atoms with Gasteiger partial charge in [-0.05, 0) is 29.1 Å². The zero-order valence-corrected chi connectivity index (χ0v) is 12.4. The third-order valence-corrected chi connectivity index (χ3v) is 6.18. The Morgan fingerprint density at radius 1 is 1.25 bits per heavy atom. The third kappa shape index (κ3) is 2.39. The Hall–Kier alpha value is -1.57. The van der Waals surface area contributed by atoms with E-state index in [0.717, 1.165) is 5.56 Å². The predicted octanol–water partition coefficient (Wildman–Crippen LogP) is 2.30. The van der Waals surface area contributed by atoms with Crippen LogP contribution in [-0.4, -0.2) is 26.6 Å². The van der Waals surface area contributed by atoms with Crippen molar-refractivity contribution in [2.24, 2.45) is 0 Å². The van der Waals surface area contributed by atoms with E-state index in [1.165, 1.54) is 15.6 Å². The van der Waals surface area contributed by atoms with E-state index in [1.54, 1.807) is 30.6 Å². The lowest BCUT2D eigenvalue weighted by molar-refractivity contribution is 0.174. The second kappa shape index (κ2) is 5.08. The smallest absolute Gasteiger partial charge is 0.252 e. The van der Waals surface area contributed by atoms with Gasteiger partial charge in [0.1, 0.15) is 4.21 Å². The molecule has 0 atom stereocenters. The lowest BCUT2D eigenvalue weighted by Crippen LogP contribution is -2.25. The highest BCUT2D eigenvalue weighted by Gasteiger charge is 2.22. The molecule has 0 radical (unpaired) electrons. The number of ether oxygens (including phenoxy) is 2. The van der Waals surface area contributed by atoms with E-state index in [1.807, 2.05) is 12.1 Å². The van der Waals surface area contributed by atoms with Crippen LogP contribution in [0.25, 0.3) is 0 Å². The molecule has 2 heterocycles. The highest BCUT2D eigenvalue weighted by atomic mass is 32.2. The highest BCUT2D eigenvalue weighted by molar-refractivity contribution is 7.91. The number of hydrogen-bond acceptors (Lipinski definition) is 5. The van der Waals surface area contributed by atoms with Crippen molar-refractivity contribution >= 4 is 21.4 Å². The largest absolute Gasteiger partial charge is 0.454 e. The summed E-state index contributed by atoms with van der Waals surface area (Å²) in [5.41, 5.74) is 0.858. The fourth-order valence-electron chi connectivity index (χ4n) is 1.95. The molecule has 0 N–H and O–H groups in total. The minimum Gasteiger partial charge on any atom is -0.454 e. The number of nitrogens with zero attached hydrogens (tertiary/aromatic N) is 1. The van der Waals surface area contributed by atoms with Crippen LogP contribution in [0.15, 0.2) is 39.9 Å². The number of thiophene rings is 1. The van der Waals surface area contributed by atoms with Gasteiger partial charge in [-0.1, -0.05) is 12.1 Å². The first kappa shape index (κ1) is 13.4. The van der Waals surface area contributed by atoms with Crippen molar-refractivity contribution in [1.29, 1.82) is 0 Å². The Morgan fingerprint density at radius 2 is 2.05 bits per heavy atom. The van der Waals surface area contributed by atoms with Crippen molar-refractivity contribution in [3.8, 4) is 11.5 Å². The molecule has 0 saturated carbocycles. The maximum absolute atomic E-state index is 12.3. The van der Waals surface area contributed by atoms with E-state index < -0.39 is 10.0 Å². The Kier molecular flexibility index (Phi) is 3.41. The van der Waals surface area contributed by atoms with Gasteiger partial charge in [-0.15, -0.1) is 11.3 Å². The molecule has 1 aromatic heterocycles. The van der Waals surface area contributed by atoms with Crippen LogP contribution in [-0.2, 0) is 16.6 Å². The lowest BCUT2D eigenvalue weighted by Gasteiger charge is -2.16. The minimum atomic E-state index is -3.43. The summed E-state index contributed by atoms with van der Waals surface area (Å²) in [6, 6.07) is 8.78. The molecular formula is C13H13NO4S2. The number of hydrogen-bond donors (Lipinski definition) is 0. The molecule has 0 unspecified atom stereocenters. The topological polar surface area (TPSA) is 55.8 Å². The van der Waals surface area contributed by atoms with Gasteiger partial charge in [0.25, 0.3) is 10.0 Å². The Balaban J connectivity index is 1.81. The van der Waals surface area contributed by atoms with E-state index in [9.17, 15) is 8.42 Å². The number of sulfonamides is 1. The predicted molar refractivity (Wildman–Crippen MR) is 75.5 cm³/mol. The van der Waals surface area contributed by atoms with Crippen molar-refractivity contribution < 1.29 is 17.9 Å². The summed E-state index contributed by atoms with van der Waals surface area (Å²) >= 11 is 1.21. The molecule has 1 aromatic carbocycles. The van der Waals surface area contributed by atoms with Crippen LogP contribution in [0.4, 0.5) is 0 Å². The first-order valence-corrected chi connectivity index (χ1v) is 8.28. The Bertz CT molecular complexity index is 710. The second-order valence-electron chi connectivity index (χ2n) is 4.38. The molecule has 0 amide bonds. The van der Waals surface area contributed by atoms with Crippen LogP contribution in [0.5, 0.6) is 11.5 Å². The molecule has 7 heteroatoms. The van der Waals surface area contributed by atoms with Crippen LogP contribution in [0.2, 0.25) is 0 Å². The summed E-state index contributed by atoms with van der Waals surface area (Å²) in [7, 11) is -1.86. The molecule has 0 fully saturated rings. The molecule has 20 heavy (non-hydrogen) atoms. The first-order valence-electron chi connectivity index (χ1n) is 5.96. The van der Waals surface area contributed by atoms with Crippen LogP contribution < -0.4 is 9.47 Å². The van der Waals surface area contributed by atoms with Gasteiger partial charge in [-0.3, -0.25) is 0 Å². The van der Waals surface area contributed by atoms with Gasteiger partial charge in [0.05, 0.1) is 0 Å². The van der Waals surface area contributed by atoms with E-state index in [0.29, 0.717) is 15.7 Å². The average molecular weight is 311 g/mol. The highest BCUT2D eigenvalue weighted by Crippen LogP contribution is 2.33. The molecular weight excluding hydrogens is 298 g/mol. The van der Waals surface area contributed by atoms with Crippen molar-refractivity contribution in [3.63, 3.8) is 0 Å². The van der Waals surface area contributed by atoms with Gasteiger partial charge >= 0.3 is 0 Å². The van der Waals surface area contributed by atoms with Gasteiger partial charge in [0.15, 0.2) is 11.5 Å². The first-order chi connectivity index (χ1) is 9.57. The van der Waals surface area contributed by atoms with Crippen molar-refractivity contribution in [3.05, 3.63) is 41.3 Å². The molecule has 0 saturated heterocycles. The van der Waals surface area contributed by atoms with Crippen LogP contribution in [0.1, 0.15) is 5.56 Å². The molecule has 0 aliphatic carbocycles. The van der Waals surface area contributed by atoms with Gasteiger partial charge in [-0.25, -0.2) is 8.42 Å². The van der Waals surface area contributed by atoms with Crippen LogP contribution in [0.3, 0.4) is 0 Å². The fraction of sp³-hybridized carbons (Fsp3) is 0.231. The summed E-state index contributed by atoms with van der Waals surface area (Å²) < 4.78 is 36.8. The zero-order valence-electron chi connectivity index (χ0n) is 10.8. The molecule has 5 nitrogen and oxygen atoms in total. The van der Waals surface area contributed by atoms with Crippen LogP contribution in [0, 0.1) is 0 Å². The molecule has 1 aliphatic rings. The lowest BCUT2D eigenvalue weighted by atomic mass is 10.2. The third-order valence-electron chi connectivity index (χ3n) is 3.00. The number of benzene rings is 1. The van der Waals surface area contributed by atoms with E-state index >= 15 is 0 Å². The average Bonchev–Trinajstić information content (AvgIpc) is 3.09.